The molecule has 0 bridgehead atoms. The number of rotatable bonds is 6. The number of carbonyl (C=O) groups excluding carboxylic acids is 1. The molecule has 0 heterocycles. The lowest BCUT2D eigenvalue weighted by Crippen LogP contribution is -2.30. The van der Waals surface area contributed by atoms with E-state index < -0.39 is 0 Å². The number of anilines is 2. The number of carbonyl (C=O) groups is 1. The van der Waals surface area contributed by atoms with Crippen LogP contribution in [0.2, 0.25) is 5.02 Å². The summed E-state index contributed by atoms with van der Waals surface area (Å²) in [4.78, 5) is 11.9. The van der Waals surface area contributed by atoms with Crippen LogP contribution in [0.25, 0.3) is 0 Å². The highest BCUT2D eigenvalue weighted by Gasteiger charge is 2.06. The zero-order valence-corrected chi connectivity index (χ0v) is 14.3. The van der Waals surface area contributed by atoms with Gasteiger partial charge < -0.3 is 25.8 Å². The maximum atomic E-state index is 11.9. The largest absolute Gasteiger partial charge is 0.493 e. The van der Waals surface area contributed by atoms with E-state index in [1.54, 1.807) is 32.4 Å². The first-order valence-electron chi connectivity index (χ1n) is 7.34. The summed E-state index contributed by atoms with van der Waals surface area (Å²) in [5, 5.41) is 5.89. The Hall–Kier alpha value is -2.60. The maximum Gasteiger partial charge on any atom is 0.319 e. The van der Waals surface area contributed by atoms with Crippen LogP contribution >= 0.6 is 11.6 Å². The van der Waals surface area contributed by atoms with Gasteiger partial charge in [0.1, 0.15) is 0 Å². The lowest BCUT2D eigenvalue weighted by atomic mass is 10.1. The topological polar surface area (TPSA) is 85.6 Å². The van der Waals surface area contributed by atoms with E-state index in [4.69, 9.17) is 26.8 Å². The molecule has 7 heteroatoms. The first kappa shape index (κ1) is 17.7. The van der Waals surface area contributed by atoms with Crippen molar-refractivity contribution in [1.82, 2.24) is 5.32 Å². The van der Waals surface area contributed by atoms with Gasteiger partial charge in [0.15, 0.2) is 11.5 Å². The smallest absolute Gasteiger partial charge is 0.319 e. The molecule has 0 aromatic heterocycles. The maximum absolute atomic E-state index is 11.9. The van der Waals surface area contributed by atoms with Crippen molar-refractivity contribution in [2.75, 3.05) is 31.8 Å². The number of hydrogen-bond donors (Lipinski definition) is 3. The van der Waals surface area contributed by atoms with Crippen LogP contribution < -0.4 is 25.8 Å². The van der Waals surface area contributed by atoms with Gasteiger partial charge in [-0.05, 0) is 42.3 Å². The van der Waals surface area contributed by atoms with Gasteiger partial charge in [-0.1, -0.05) is 17.7 Å². The zero-order valence-electron chi connectivity index (χ0n) is 13.6. The Labute approximate surface area is 145 Å². The second-order valence-electron chi connectivity index (χ2n) is 5.06. The molecule has 2 aromatic rings. The predicted molar refractivity (Wildman–Crippen MR) is 96.1 cm³/mol. The summed E-state index contributed by atoms with van der Waals surface area (Å²) in [6.45, 7) is 0.476. The fraction of sp³-hybridized carbons (Fsp3) is 0.235. The molecule has 0 aliphatic heterocycles. The van der Waals surface area contributed by atoms with Gasteiger partial charge >= 0.3 is 6.03 Å². The number of nitrogen functional groups attached to an aromatic ring is 1. The van der Waals surface area contributed by atoms with Gasteiger partial charge in [-0.25, -0.2) is 4.79 Å². The molecule has 6 nitrogen and oxygen atoms in total. The highest BCUT2D eigenvalue weighted by Crippen LogP contribution is 2.27. The monoisotopic (exact) mass is 349 g/mol. The quantitative estimate of drug-likeness (QED) is 0.698. The van der Waals surface area contributed by atoms with Crippen LogP contribution in [-0.4, -0.2) is 26.8 Å². The molecule has 0 aliphatic carbocycles. The van der Waals surface area contributed by atoms with Crippen LogP contribution in [0.3, 0.4) is 0 Å². The van der Waals surface area contributed by atoms with Gasteiger partial charge in [-0.15, -0.1) is 0 Å². The van der Waals surface area contributed by atoms with Gasteiger partial charge in [-0.2, -0.15) is 0 Å². The van der Waals surface area contributed by atoms with Crippen LogP contribution in [0.1, 0.15) is 5.56 Å². The van der Waals surface area contributed by atoms with E-state index in [0.29, 0.717) is 40.9 Å². The van der Waals surface area contributed by atoms with Crippen molar-refractivity contribution in [1.29, 1.82) is 0 Å². The molecule has 0 atom stereocenters. The molecule has 2 rings (SSSR count). The molecule has 0 fully saturated rings. The summed E-state index contributed by atoms with van der Waals surface area (Å²) in [7, 11) is 3.18. The van der Waals surface area contributed by atoms with Gasteiger partial charge in [0.05, 0.1) is 24.9 Å². The third-order valence-corrected chi connectivity index (χ3v) is 3.73. The van der Waals surface area contributed by atoms with Crippen molar-refractivity contribution in [3.05, 3.63) is 47.0 Å². The number of halogens is 1. The van der Waals surface area contributed by atoms with E-state index >= 15 is 0 Å². The van der Waals surface area contributed by atoms with E-state index in [-0.39, 0.29) is 6.03 Å². The van der Waals surface area contributed by atoms with Crippen LogP contribution in [0.5, 0.6) is 11.5 Å². The number of urea groups is 1. The molecule has 0 radical (unpaired) electrons. The molecule has 128 valence electrons. The molecule has 0 unspecified atom stereocenters. The van der Waals surface area contributed by atoms with Crippen molar-refractivity contribution in [3.8, 4) is 11.5 Å². The summed E-state index contributed by atoms with van der Waals surface area (Å²) in [5.74, 6) is 1.34. The Bertz CT molecular complexity index is 722. The number of hydrogen-bond acceptors (Lipinski definition) is 4. The fourth-order valence-corrected chi connectivity index (χ4v) is 2.32. The number of benzene rings is 2. The summed E-state index contributed by atoms with van der Waals surface area (Å²) in [6, 6.07) is 10.3. The lowest BCUT2D eigenvalue weighted by molar-refractivity contribution is 0.252. The average Bonchev–Trinajstić information content (AvgIpc) is 2.58. The SMILES string of the molecule is COc1ccc(CCNC(=O)Nc2ccc(N)c(Cl)c2)cc1OC. The number of nitrogens with two attached hydrogens (primary N) is 1. The highest BCUT2D eigenvalue weighted by molar-refractivity contribution is 6.33. The standard InChI is InChI=1S/C17H20ClN3O3/c1-23-15-6-3-11(9-16(15)24-2)7-8-20-17(22)21-12-4-5-14(19)13(18)10-12/h3-6,9-10H,7-8,19H2,1-2H3,(H2,20,21,22). The minimum absolute atomic E-state index is 0.309. The fourth-order valence-electron chi connectivity index (χ4n) is 2.14. The zero-order chi connectivity index (χ0) is 17.5. The lowest BCUT2D eigenvalue weighted by Gasteiger charge is -2.11. The van der Waals surface area contributed by atoms with Crippen LogP contribution in [-0.2, 0) is 6.42 Å². The summed E-state index contributed by atoms with van der Waals surface area (Å²) >= 11 is 5.92. The first-order chi connectivity index (χ1) is 11.5. The molecule has 0 spiro atoms. The predicted octanol–water partition coefficient (Wildman–Crippen LogP) is 3.30. The van der Waals surface area contributed by atoms with Crippen LogP contribution in [0, 0.1) is 0 Å². The molecule has 0 saturated heterocycles. The molecule has 24 heavy (non-hydrogen) atoms. The molecule has 0 saturated carbocycles. The van der Waals surface area contributed by atoms with Crippen molar-refractivity contribution < 1.29 is 14.3 Å². The Balaban J connectivity index is 1.85. The van der Waals surface area contributed by atoms with E-state index in [1.165, 1.54) is 0 Å². The van der Waals surface area contributed by atoms with E-state index in [2.05, 4.69) is 10.6 Å². The number of methoxy groups -OCH3 is 2. The third-order valence-electron chi connectivity index (χ3n) is 3.41. The molecular formula is C17H20ClN3O3. The number of amides is 2. The Kier molecular flexibility index (Phi) is 6.14. The highest BCUT2D eigenvalue weighted by atomic mass is 35.5. The summed E-state index contributed by atoms with van der Waals surface area (Å²) < 4.78 is 10.5. The molecule has 4 N–H and O–H groups in total. The van der Waals surface area contributed by atoms with Crippen molar-refractivity contribution in [2.24, 2.45) is 0 Å². The second kappa shape index (κ2) is 8.31. The van der Waals surface area contributed by atoms with Crippen molar-refractivity contribution >= 4 is 29.0 Å². The normalized spacial score (nSPS) is 10.1. The van der Waals surface area contributed by atoms with E-state index in [9.17, 15) is 4.79 Å². The van der Waals surface area contributed by atoms with E-state index in [1.807, 2.05) is 18.2 Å². The summed E-state index contributed by atoms with van der Waals surface area (Å²) in [5.41, 5.74) is 7.71. The van der Waals surface area contributed by atoms with Gasteiger partial charge in [0.25, 0.3) is 0 Å². The minimum Gasteiger partial charge on any atom is -0.493 e. The van der Waals surface area contributed by atoms with Gasteiger partial charge in [0, 0.05) is 12.2 Å². The minimum atomic E-state index is -0.309. The second-order valence-corrected chi connectivity index (χ2v) is 5.46. The first-order valence-corrected chi connectivity index (χ1v) is 7.72. The summed E-state index contributed by atoms with van der Waals surface area (Å²) in [6.07, 6.45) is 0.663. The van der Waals surface area contributed by atoms with Crippen LogP contribution in [0.15, 0.2) is 36.4 Å². The third kappa shape index (κ3) is 4.70. The molecule has 2 aromatic carbocycles. The van der Waals surface area contributed by atoms with E-state index in [0.717, 1.165) is 5.56 Å². The number of nitrogens with one attached hydrogen (secondary N) is 2. The Morgan fingerprint density at radius 3 is 2.54 bits per heavy atom. The molecule has 2 amide bonds. The van der Waals surface area contributed by atoms with Gasteiger partial charge in [-0.3, -0.25) is 0 Å². The number of ether oxygens (including phenoxy) is 2. The van der Waals surface area contributed by atoms with Crippen molar-refractivity contribution in [3.63, 3.8) is 0 Å². The van der Waals surface area contributed by atoms with Crippen LogP contribution in [0.4, 0.5) is 16.2 Å². The molecular weight excluding hydrogens is 330 g/mol. The van der Waals surface area contributed by atoms with Gasteiger partial charge in [0.2, 0.25) is 0 Å². The Morgan fingerprint density at radius 1 is 1.12 bits per heavy atom. The molecule has 0 aliphatic rings. The van der Waals surface area contributed by atoms with Crippen molar-refractivity contribution in [2.45, 2.75) is 6.42 Å². The Morgan fingerprint density at radius 2 is 1.88 bits per heavy atom. The average molecular weight is 350 g/mol.